The number of rotatable bonds is 5. The summed E-state index contributed by atoms with van der Waals surface area (Å²) in [4.78, 5) is 0.0342. The molecule has 0 spiro atoms. The minimum atomic E-state index is -3.74. The van der Waals surface area contributed by atoms with Gasteiger partial charge in [-0.2, -0.15) is 0 Å². The van der Waals surface area contributed by atoms with E-state index in [4.69, 9.17) is 27.9 Å². The fourth-order valence-corrected chi connectivity index (χ4v) is 4.52. The lowest BCUT2D eigenvalue weighted by Gasteiger charge is -2.23. The van der Waals surface area contributed by atoms with Gasteiger partial charge in [0.25, 0.3) is 0 Å². The van der Waals surface area contributed by atoms with E-state index in [-0.39, 0.29) is 9.92 Å². The van der Waals surface area contributed by atoms with Crippen molar-refractivity contribution in [2.45, 2.75) is 30.3 Å². The van der Waals surface area contributed by atoms with Crippen LogP contribution in [-0.2, 0) is 21.3 Å². The Balaban J connectivity index is 2.37. The molecule has 0 amide bonds. The van der Waals surface area contributed by atoms with Crippen molar-refractivity contribution in [1.29, 1.82) is 0 Å². The van der Waals surface area contributed by atoms with E-state index in [2.05, 4.69) is 10.0 Å². The predicted octanol–water partition coefficient (Wildman–Crippen LogP) is 2.17. The molecule has 2 N–H and O–H groups in total. The number of ether oxygens (including phenoxy) is 1. The van der Waals surface area contributed by atoms with Crippen molar-refractivity contribution < 1.29 is 13.2 Å². The normalized spacial score (nSPS) is 22.7. The Hall–Kier alpha value is -0.370. The Bertz CT molecular complexity index is 629. The molecule has 1 atom stereocenters. The average molecular weight is 353 g/mol. The number of hydrogen-bond acceptors (Lipinski definition) is 4. The van der Waals surface area contributed by atoms with Crippen LogP contribution in [0.25, 0.3) is 0 Å². The van der Waals surface area contributed by atoms with Gasteiger partial charge in [-0.05, 0) is 38.1 Å². The maximum Gasteiger partial charge on any atom is 0.242 e. The van der Waals surface area contributed by atoms with Crippen LogP contribution in [0.4, 0.5) is 0 Å². The molecule has 0 saturated carbocycles. The Morgan fingerprint density at radius 1 is 1.33 bits per heavy atom. The van der Waals surface area contributed by atoms with E-state index in [0.29, 0.717) is 36.8 Å². The van der Waals surface area contributed by atoms with Crippen LogP contribution in [0, 0.1) is 0 Å². The second kappa shape index (κ2) is 6.40. The lowest BCUT2D eigenvalue weighted by Crippen LogP contribution is -2.46. The van der Waals surface area contributed by atoms with E-state index in [9.17, 15) is 8.42 Å². The first kappa shape index (κ1) is 17.0. The molecule has 1 aromatic rings. The van der Waals surface area contributed by atoms with Crippen molar-refractivity contribution in [3.8, 4) is 0 Å². The molecule has 1 aromatic carbocycles. The van der Waals surface area contributed by atoms with E-state index >= 15 is 0 Å². The molecule has 1 aliphatic rings. The van der Waals surface area contributed by atoms with Crippen LogP contribution in [0.2, 0.25) is 10.0 Å². The first-order valence-corrected chi connectivity index (χ1v) is 8.75. The van der Waals surface area contributed by atoms with Gasteiger partial charge in [0.1, 0.15) is 4.90 Å². The van der Waals surface area contributed by atoms with Crippen LogP contribution in [0.1, 0.15) is 18.9 Å². The second-order valence-corrected chi connectivity index (χ2v) is 7.84. The van der Waals surface area contributed by atoms with Crippen molar-refractivity contribution in [3.63, 3.8) is 0 Å². The minimum Gasteiger partial charge on any atom is -0.379 e. The third-order valence-electron chi connectivity index (χ3n) is 3.36. The molecule has 1 unspecified atom stereocenters. The Kier molecular flexibility index (Phi) is 5.18. The zero-order chi connectivity index (χ0) is 15.7. The molecule has 1 saturated heterocycles. The van der Waals surface area contributed by atoms with Gasteiger partial charge in [0.2, 0.25) is 10.0 Å². The van der Waals surface area contributed by atoms with Gasteiger partial charge in [-0.25, -0.2) is 13.1 Å². The zero-order valence-corrected chi connectivity index (χ0v) is 14.2. The molecule has 0 aliphatic carbocycles. The summed E-state index contributed by atoms with van der Waals surface area (Å²) in [5.74, 6) is 0. The molecular weight excluding hydrogens is 335 g/mol. The third-order valence-corrected chi connectivity index (χ3v) is 5.81. The summed E-state index contributed by atoms with van der Waals surface area (Å²) in [6.45, 7) is 3.16. The molecule has 0 bridgehead atoms. The molecule has 118 valence electrons. The van der Waals surface area contributed by atoms with E-state index in [0.717, 1.165) is 0 Å². The topological polar surface area (TPSA) is 67.4 Å². The standard InChI is InChI=1S/C13H18Cl2N2O3S/c1-13(3-4-20-8-13)17-21(18,19)12-5-9(7-16-2)10(14)6-11(12)15/h5-6,16-17H,3-4,7-8H2,1-2H3. The number of nitrogens with one attached hydrogen (secondary N) is 2. The molecule has 0 radical (unpaired) electrons. The molecule has 5 nitrogen and oxygen atoms in total. The number of benzene rings is 1. The van der Waals surface area contributed by atoms with Gasteiger partial charge in [0.05, 0.1) is 17.2 Å². The second-order valence-electron chi connectivity index (χ2n) is 5.37. The van der Waals surface area contributed by atoms with Gasteiger partial charge in [0, 0.05) is 18.2 Å². The number of sulfonamides is 1. The van der Waals surface area contributed by atoms with E-state index in [1.165, 1.54) is 12.1 Å². The molecule has 1 aliphatic heterocycles. The van der Waals surface area contributed by atoms with E-state index < -0.39 is 15.6 Å². The van der Waals surface area contributed by atoms with Gasteiger partial charge in [-0.15, -0.1) is 0 Å². The zero-order valence-electron chi connectivity index (χ0n) is 11.9. The molecule has 1 heterocycles. The molecule has 1 fully saturated rings. The summed E-state index contributed by atoms with van der Waals surface area (Å²) in [5, 5.41) is 3.48. The van der Waals surface area contributed by atoms with Crippen LogP contribution in [0.15, 0.2) is 17.0 Å². The third kappa shape index (κ3) is 3.88. The molecule has 8 heteroatoms. The number of halogens is 2. The summed E-state index contributed by atoms with van der Waals surface area (Å²) < 4.78 is 33.1. The molecule has 0 aromatic heterocycles. The van der Waals surface area contributed by atoms with Gasteiger partial charge in [-0.1, -0.05) is 23.2 Å². The first-order valence-electron chi connectivity index (χ1n) is 6.52. The highest BCUT2D eigenvalue weighted by Crippen LogP contribution is 2.30. The van der Waals surface area contributed by atoms with Gasteiger partial charge < -0.3 is 10.1 Å². The fraction of sp³-hybridized carbons (Fsp3) is 0.538. The fourth-order valence-electron chi connectivity index (χ4n) is 2.23. The summed E-state index contributed by atoms with van der Waals surface area (Å²) >= 11 is 12.1. The van der Waals surface area contributed by atoms with Gasteiger partial charge in [0.15, 0.2) is 0 Å². The lowest BCUT2D eigenvalue weighted by molar-refractivity contribution is 0.178. The monoisotopic (exact) mass is 352 g/mol. The van der Waals surface area contributed by atoms with Crippen molar-refractivity contribution in [3.05, 3.63) is 27.7 Å². The van der Waals surface area contributed by atoms with E-state index in [1.54, 1.807) is 7.05 Å². The van der Waals surface area contributed by atoms with Gasteiger partial charge in [-0.3, -0.25) is 0 Å². The predicted molar refractivity (Wildman–Crippen MR) is 83.4 cm³/mol. The molecular formula is C13H18Cl2N2O3S. The SMILES string of the molecule is CNCc1cc(S(=O)(=O)NC2(C)CCOC2)c(Cl)cc1Cl. The van der Waals surface area contributed by atoms with Crippen LogP contribution in [-0.4, -0.2) is 34.2 Å². The maximum atomic E-state index is 12.6. The molecule has 21 heavy (non-hydrogen) atoms. The Morgan fingerprint density at radius 2 is 2.05 bits per heavy atom. The lowest BCUT2D eigenvalue weighted by atomic mass is 10.0. The highest BCUT2D eigenvalue weighted by Gasteiger charge is 2.35. The quantitative estimate of drug-likeness (QED) is 0.852. The summed E-state index contributed by atoms with van der Waals surface area (Å²) in [6, 6.07) is 2.96. The van der Waals surface area contributed by atoms with Crippen LogP contribution in [0.5, 0.6) is 0 Å². The van der Waals surface area contributed by atoms with Crippen molar-refractivity contribution in [2.24, 2.45) is 0 Å². The molecule has 2 rings (SSSR count). The largest absolute Gasteiger partial charge is 0.379 e. The first-order chi connectivity index (χ1) is 9.77. The van der Waals surface area contributed by atoms with Gasteiger partial charge >= 0.3 is 0 Å². The summed E-state index contributed by atoms with van der Waals surface area (Å²) in [6.07, 6.45) is 0.626. The summed E-state index contributed by atoms with van der Waals surface area (Å²) in [7, 11) is -1.98. The highest BCUT2D eigenvalue weighted by atomic mass is 35.5. The summed E-state index contributed by atoms with van der Waals surface area (Å²) in [5.41, 5.74) is 0.0714. The Morgan fingerprint density at radius 3 is 2.62 bits per heavy atom. The van der Waals surface area contributed by atoms with Crippen LogP contribution < -0.4 is 10.0 Å². The van der Waals surface area contributed by atoms with Crippen molar-refractivity contribution >= 4 is 33.2 Å². The highest BCUT2D eigenvalue weighted by molar-refractivity contribution is 7.89. The maximum absolute atomic E-state index is 12.6. The average Bonchev–Trinajstić information content (AvgIpc) is 2.78. The van der Waals surface area contributed by atoms with Crippen LogP contribution >= 0.6 is 23.2 Å². The Labute approximate surface area is 135 Å². The van der Waals surface area contributed by atoms with Crippen molar-refractivity contribution in [1.82, 2.24) is 10.0 Å². The van der Waals surface area contributed by atoms with Crippen LogP contribution in [0.3, 0.4) is 0 Å². The van der Waals surface area contributed by atoms with E-state index in [1.807, 2.05) is 6.92 Å². The smallest absolute Gasteiger partial charge is 0.242 e. The number of hydrogen-bond donors (Lipinski definition) is 2. The minimum absolute atomic E-state index is 0.0342. The van der Waals surface area contributed by atoms with Crippen molar-refractivity contribution in [2.75, 3.05) is 20.3 Å².